The molecule has 0 saturated heterocycles. The molecule has 31 heavy (non-hydrogen) atoms. The lowest BCUT2D eigenvalue weighted by Gasteiger charge is -2.28. The van der Waals surface area contributed by atoms with Crippen LogP contribution in [0.3, 0.4) is 0 Å². The molecule has 5 aromatic rings. The van der Waals surface area contributed by atoms with E-state index in [0.29, 0.717) is 0 Å². The van der Waals surface area contributed by atoms with Crippen molar-refractivity contribution in [3.05, 3.63) is 133 Å². The maximum absolute atomic E-state index is 4.50. The van der Waals surface area contributed by atoms with Gasteiger partial charge in [0.2, 0.25) is 0 Å². The van der Waals surface area contributed by atoms with Crippen LogP contribution in [0.1, 0.15) is 5.56 Å². The van der Waals surface area contributed by atoms with Gasteiger partial charge in [-0.3, -0.25) is 4.98 Å². The van der Waals surface area contributed by atoms with Crippen LogP contribution in [0.25, 0.3) is 10.9 Å². The molecule has 4 aromatic carbocycles. The molecule has 0 unspecified atom stereocenters. The first-order valence-corrected chi connectivity index (χ1v) is 12.2. The maximum atomic E-state index is 4.50. The minimum Gasteiger partial charge on any atom is -1.00 e. The lowest BCUT2D eigenvalue weighted by atomic mass is 10.1. The van der Waals surface area contributed by atoms with Gasteiger partial charge in [-0.15, -0.1) is 0 Å². The summed E-state index contributed by atoms with van der Waals surface area (Å²) in [5.74, 6) is 0. The van der Waals surface area contributed by atoms with Gasteiger partial charge in [0, 0.05) is 11.6 Å². The second-order valence-electron chi connectivity index (χ2n) is 7.50. The molecule has 3 heteroatoms. The topological polar surface area (TPSA) is 12.9 Å². The summed E-state index contributed by atoms with van der Waals surface area (Å²) >= 11 is 0. The van der Waals surface area contributed by atoms with Crippen molar-refractivity contribution in [1.82, 2.24) is 4.98 Å². The Morgan fingerprint density at radius 1 is 0.548 bits per heavy atom. The van der Waals surface area contributed by atoms with Crippen molar-refractivity contribution in [2.45, 2.75) is 6.16 Å². The van der Waals surface area contributed by atoms with Gasteiger partial charge in [-0.2, -0.15) is 0 Å². The van der Waals surface area contributed by atoms with Crippen molar-refractivity contribution < 1.29 is 12.4 Å². The molecule has 0 aliphatic rings. The first-order chi connectivity index (χ1) is 14.9. The second kappa shape index (κ2) is 9.43. The molecule has 1 heterocycles. The highest BCUT2D eigenvalue weighted by Crippen LogP contribution is 2.58. The van der Waals surface area contributed by atoms with Gasteiger partial charge in [-0.25, -0.2) is 0 Å². The molecule has 0 radical (unpaired) electrons. The summed E-state index contributed by atoms with van der Waals surface area (Å²) in [6, 6.07) is 44.0. The van der Waals surface area contributed by atoms with Crippen molar-refractivity contribution >= 4 is 34.1 Å². The largest absolute Gasteiger partial charge is 1.00 e. The first-order valence-electron chi connectivity index (χ1n) is 10.2. The van der Waals surface area contributed by atoms with E-state index in [1.54, 1.807) is 0 Å². The summed E-state index contributed by atoms with van der Waals surface area (Å²) in [5, 5.41) is 5.43. The number of hydrogen-bond acceptors (Lipinski definition) is 1. The van der Waals surface area contributed by atoms with Gasteiger partial charge < -0.3 is 12.4 Å². The Labute approximate surface area is 190 Å². The second-order valence-corrected chi connectivity index (χ2v) is 11.0. The van der Waals surface area contributed by atoms with E-state index >= 15 is 0 Å². The van der Waals surface area contributed by atoms with Gasteiger partial charge in [0.05, 0.1) is 11.7 Å². The van der Waals surface area contributed by atoms with Crippen LogP contribution in [-0.2, 0) is 6.16 Å². The fourth-order valence-electron chi connectivity index (χ4n) is 4.27. The Bertz CT molecular complexity index is 1160. The van der Waals surface area contributed by atoms with Crippen molar-refractivity contribution in [1.29, 1.82) is 0 Å². The van der Waals surface area contributed by atoms with Gasteiger partial charge >= 0.3 is 0 Å². The third-order valence-corrected chi connectivity index (χ3v) is 10.1. The van der Waals surface area contributed by atoms with Crippen molar-refractivity contribution in [2.24, 2.45) is 0 Å². The fourth-order valence-corrected chi connectivity index (χ4v) is 8.50. The molecule has 5 rings (SSSR count). The Morgan fingerprint density at radius 2 is 1.06 bits per heavy atom. The van der Waals surface area contributed by atoms with Crippen LogP contribution in [-0.4, -0.2) is 4.98 Å². The van der Waals surface area contributed by atoms with E-state index in [0.717, 1.165) is 11.7 Å². The third-order valence-electron chi connectivity index (χ3n) is 5.68. The predicted octanol–water partition coefficient (Wildman–Crippen LogP) is 2.73. The molecule has 0 fully saturated rings. The van der Waals surface area contributed by atoms with Crippen LogP contribution in [0.2, 0.25) is 0 Å². The Hall–Kier alpha value is -2.99. The Balaban J connectivity index is 0.00000231. The summed E-state index contributed by atoms with van der Waals surface area (Å²) in [5.41, 5.74) is 2.39. The molecule has 1 nitrogen and oxygen atoms in total. The first kappa shape index (κ1) is 21.2. The van der Waals surface area contributed by atoms with Gasteiger partial charge in [0.15, 0.2) is 0 Å². The molecule has 0 aliphatic carbocycles. The van der Waals surface area contributed by atoms with E-state index in [1.807, 2.05) is 12.3 Å². The van der Waals surface area contributed by atoms with E-state index in [4.69, 9.17) is 0 Å². The number of pyridine rings is 1. The summed E-state index contributed by atoms with van der Waals surface area (Å²) < 4.78 is 0. The smallest absolute Gasteiger partial charge is 0.116 e. The summed E-state index contributed by atoms with van der Waals surface area (Å²) in [7, 11) is -1.87. The minimum absolute atomic E-state index is 0. The van der Waals surface area contributed by atoms with Gasteiger partial charge in [-0.05, 0) is 60.2 Å². The van der Waals surface area contributed by atoms with Crippen LogP contribution >= 0.6 is 7.26 Å². The van der Waals surface area contributed by atoms with Gasteiger partial charge in [-0.1, -0.05) is 66.7 Å². The predicted molar refractivity (Wildman–Crippen MR) is 131 cm³/mol. The molecule has 0 atom stereocenters. The van der Waals surface area contributed by atoms with Crippen molar-refractivity contribution in [3.8, 4) is 0 Å². The molecular weight excluding hydrogens is 417 g/mol. The molecule has 0 aliphatic heterocycles. The lowest BCUT2D eigenvalue weighted by molar-refractivity contribution is -0.00000582. The third kappa shape index (κ3) is 4.12. The zero-order valence-electron chi connectivity index (χ0n) is 17.1. The quantitative estimate of drug-likeness (QED) is 0.384. The molecule has 0 N–H and O–H groups in total. The van der Waals surface area contributed by atoms with Crippen molar-refractivity contribution in [2.75, 3.05) is 0 Å². The fraction of sp³-hybridized carbons (Fsp3) is 0.0357. The monoisotopic (exact) mass is 439 g/mol. The highest BCUT2D eigenvalue weighted by Gasteiger charge is 2.45. The standard InChI is InChI=1S/C28H23NP.ClH/c1-4-12-25(13-5-1)30(26-14-6-2-7-15-26,27-16-8-3-9-17-27)22-23-18-19-28-24(21-23)11-10-20-29-28;/h1-21H,22H2;1H/q+1;/p-1. The normalized spacial score (nSPS) is 11.1. The number of fused-ring (bicyclic) bond motifs is 1. The Kier molecular flexibility index (Phi) is 6.47. The number of rotatable bonds is 5. The van der Waals surface area contributed by atoms with Crippen LogP contribution < -0.4 is 28.3 Å². The van der Waals surface area contributed by atoms with E-state index in [9.17, 15) is 0 Å². The molecule has 0 bridgehead atoms. The van der Waals surface area contributed by atoms with E-state index < -0.39 is 7.26 Å². The highest BCUT2D eigenvalue weighted by atomic mass is 35.5. The number of benzene rings is 4. The van der Waals surface area contributed by atoms with Crippen LogP contribution in [0, 0.1) is 0 Å². The van der Waals surface area contributed by atoms with Gasteiger partial charge in [0.25, 0.3) is 0 Å². The average molecular weight is 440 g/mol. The molecule has 0 spiro atoms. The Morgan fingerprint density at radius 3 is 1.58 bits per heavy atom. The number of nitrogens with zero attached hydrogens (tertiary/aromatic N) is 1. The van der Waals surface area contributed by atoms with E-state index in [1.165, 1.54) is 26.9 Å². The summed E-state index contributed by atoms with van der Waals surface area (Å²) in [4.78, 5) is 4.50. The molecule has 0 saturated carbocycles. The summed E-state index contributed by atoms with van der Waals surface area (Å²) in [6.45, 7) is 0. The number of hydrogen-bond donors (Lipinski definition) is 0. The van der Waals surface area contributed by atoms with Crippen LogP contribution in [0.5, 0.6) is 0 Å². The zero-order chi connectivity index (χ0) is 20.2. The number of halogens is 1. The minimum atomic E-state index is -1.87. The molecule has 1 aromatic heterocycles. The van der Waals surface area contributed by atoms with E-state index in [2.05, 4.69) is 120 Å². The summed E-state index contributed by atoms with van der Waals surface area (Å²) in [6.07, 6.45) is 2.84. The van der Waals surface area contributed by atoms with Crippen LogP contribution in [0.15, 0.2) is 128 Å². The van der Waals surface area contributed by atoms with Crippen molar-refractivity contribution in [3.63, 3.8) is 0 Å². The molecule has 0 amide bonds. The number of aromatic nitrogens is 1. The van der Waals surface area contributed by atoms with E-state index in [-0.39, 0.29) is 12.4 Å². The average Bonchev–Trinajstić information content (AvgIpc) is 2.84. The highest BCUT2D eigenvalue weighted by molar-refractivity contribution is 7.95. The zero-order valence-corrected chi connectivity index (χ0v) is 18.8. The lowest BCUT2D eigenvalue weighted by Crippen LogP contribution is -3.00. The van der Waals surface area contributed by atoms with Gasteiger partial charge in [0.1, 0.15) is 23.2 Å². The maximum Gasteiger partial charge on any atom is 0.116 e. The molecular formula is C28H23ClNP. The SMILES string of the molecule is [Cl-].c1ccc([P+](Cc2ccc3ncccc3c2)(c2ccccc2)c2ccccc2)cc1. The van der Waals surface area contributed by atoms with Crippen LogP contribution in [0.4, 0.5) is 0 Å². The molecule has 152 valence electrons.